The highest BCUT2D eigenvalue weighted by Gasteiger charge is 2.14. The maximum absolute atomic E-state index is 13.7. The number of nitrogens with zero attached hydrogens (tertiary/aromatic N) is 3. The molecule has 0 aliphatic heterocycles. The van der Waals surface area contributed by atoms with Gasteiger partial charge in [-0.3, -0.25) is 4.79 Å². The number of hydrogen-bond donors (Lipinski definition) is 1. The van der Waals surface area contributed by atoms with E-state index in [1.165, 1.54) is 11.8 Å². The zero-order valence-electron chi connectivity index (χ0n) is 11.2. The molecule has 1 N–H and O–H groups in total. The van der Waals surface area contributed by atoms with E-state index in [2.05, 4.69) is 15.3 Å². The number of aromatic nitrogens is 2. The Morgan fingerprint density at radius 2 is 2.10 bits per heavy atom. The quantitative estimate of drug-likeness (QED) is 0.874. The highest BCUT2D eigenvalue weighted by atomic mass is 35.5. The molecule has 5 nitrogen and oxygen atoms in total. The largest absolute Gasteiger partial charge is 0.327 e. The fraction of sp³-hybridized carbons (Fsp3) is 0.154. The third kappa shape index (κ3) is 3.59. The van der Waals surface area contributed by atoms with Crippen molar-refractivity contribution in [2.45, 2.75) is 6.92 Å². The summed E-state index contributed by atoms with van der Waals surface area (Å²) >= 11 is 11.8. The lowest BCUT2D eigenvalue weighted by molar-refractivity contribution is -0.114. The Hall–Kier alpha value is -1.92. The first kappa shape index (κ1) is 15.5. The molecule has 0 atom stereocenters. The summed E-state index contributed by atoms with van der Waals surface area (Å²) in [6.45, 7) is 1.38. The maximum Gasteiger partial charge on any atom is 0.224 e. The predicted octanol–water partition coefficient (Wildman–Crippen LogP) is 3.65. The van der Waals surface area contributed by atoms with E-state index in [0.717, 1.165) is 6.20 Å². The molecular formula is C13H11Cl2FN4O. The number of carbonyl (C=O) groups is 1. The zero-order valence-corrected chi connectivity index (χ0v) is 12.7. The van der Waals surface area contributed by atoms with Crippen molar-refractivity contribution in [1.29, 1.82) is 0 Å². The summed E-state index contributed by atoms with van der Waals surface area (Å²) in [4.78, 5) is 19.9. The zero-order chi connectivity index (χ0) is 15.6. The first-order chi connectivity index (χ1) is 9.88. The van der Waals surface area contributed by atoms with Crippen LogP contribution in [0.5, 0.6) is 0 Å². The molecule has 0 saturated carbocycles. The van der Waals surface area contributed by atoms with Gasteiger partial charge < -0.3 is 10.2 Å². The van der Waals surface area contributed by atoms with Crippen molar-refractivity contribution in [2.75, 3.05) is 17.3 Å². The molecule has 2 rings (SSSR count). The van der Waals surface area contributed by atoms with Crippen LogP contribution in [0.1, 0.15) is 6.92 Å². The SMILES string of the molecule is CC(=O)Nc1ccc(N(C)c2nc(Cl)ncc2F)cc1Cl. The Bertz CT molecular complexity index is 696. The summed E-state index contributed by atoms with van der Waals surface area (Å²) in [5, 5.41) is 2.86. The smallest absolute Gasteiger partial charge is 0.224 e. The van der Waals surface area contributed by atoms with Crippen LogP contribution < -0.4 is 10.2 Å². The third-order valence-corrected chi connectivity index (χ3v) is 3.16. The Kier molecular flexibility index (Phi) is 4.59. The molecule has 110 valence electrons. The van der Waals surface area contributed by atoms with Crippen molar-refractivity contribution in [3.8, 4) is 0 Å². The van der Waals surface area contributed by atoms with Gasteiger partial charge in [-0.05, 0) is 29.8 Å². The van der Waals surface area contributed by atoms with E-state index in [1.54, 1.807) is 25.2 Å². The lowest BCUT2D eigenvalue weighted by Crippen LogP contribution is -2.14. The summed E-state index contributed by atoms with van der Waals surface area (Å²) in [5.41, 5.74) is 1.06. The number of nitrogens with one attached hydrogen (secondary N) is 1. The normalized spacial score (nSPS) is 10.3. The molecule has 0 unspecified atom stereocenters. The summed E-state index contributed by atoms with van der Waals surface area (Å²) in [5.74, 6) is -0.811. The Morgan fingerprint density at radius 3 is 2.71 bits per heavy atom. The Labute approximate surface area is 130 Å². The number of anilines is 3. The van der Waals surface area contributed by atoms with Crippen LogP contribution in [0, 0.1) is 5.82 Å². The molecule has 1 aromatic carbocycles. The average Bonchev–Trinajstić information content (AvgIpc) is 2.42. The van der Waals surface area contributed by atoms with Gasteiger partial charge in [-0.25, -0.2) is 9.37 Å². The highest BCUT2D eigenvalue weighted by molar-refractivity contribution is 6.34. The molecule has 0 bridgehead atoms. The molecule has 0 radical (unpaired) electrons. The van der Waals surface area contributed by atoms with Crippen molar-refractivity contribution in [2.24, 2.45) is 0 Å². The second kappa shape index (κ2) is 6.24. The monoisotopic (exact) mass is 328 g/mol. The van der Waals surface area contributed by atoms with Crippen molar-refractivity contribution in [3.63, 3.8) is 0 Å². The molecule has 1 amide bonds. The van der Waals surface area contributed by atoms with Gasteiger partial charge in [0.1, 0.15) is 0 Å². The van der Waals surface area contributed by atoms with Gasteiger partial charge in [0.25, 0.3) is 0 Å². The number of carbonyl (C=O) groups excluding carboxylic acids is 1. The topological polar surface area (TPSA) is 58.1 Å². The fourth-order valence-electron chi connectivity index (χ4n) is 1.70. The number of amides is 1. The van der Waals surface area contributed by atoms with Gasteiger partial charge in [-0.15, -0.1) is 0 Å². The summed E-state index contributed by atoms with van der Waals surface area (Å²) < 4.78 is 13.7. The summed E-state index contributed by atoms with van der Waals surface area (Å²) in [6.07, 6.45) is 0.994. The fourth-order valence-corrected chi connectivity index (χ4v) is 2.05. The molecule has 0 saturated heterocycles. The molecule has 0 aliphatic carbocycles. The molecule has 1 heterocycles. The molecular weight excluding hydrogens is 318 g/mol. The van der Waals surface area contributed by atoms with Crippen LogP contribution >= 0.6 is 23.2 Å². The van der Waals surface area contributed by atoms with Gasteiger partial charge in [0, 0.05) is 19.7 Å². The van der Waals surface area contributed by atoms with E-state index in [0.29, 0.717) is 16.4 Å². The van der Waals surface area contributed by atoms with Crippen molar-refractivity contribution < 1.29 is 9.18 Å². The highest BCUT2D eigenvalue weighted by Crippen LogP contribution is 2.31. The van der Waals surface area contributed by atoms with Crippen LogP contribution in [0.3, 0.4) is 0 Å². The van der Waals surface area contributed by atoms with E-state index < -0.39 is 5.82 Å². The minimum atomic E-state index is -0.607. The van der Waals surface area contributed by atoms with Crippen LogP contribution in [0.4, 0.5) is 21.6 Å². The minimum absolute atomic E-state index is 0.0262. The number of rotatable bonds is 3. The van der Waals surface area contributed by atoms with Crippen LogP contribution in [-0.2, 0) is 4.79 Å². The average molecular weight is 329 g/mol. The van der Waals surface area contributed by atoms with E-state index >= 15 is 0 Å². The first-order valence-corrected chi connectivity index (χ1v) is 6.63. The van der Waals surface area contributed by atoms with Crippen molar-refractivity contribution in [3.05, 3.63) is 40.5 Å². The lowest BCUT2D eigenvalue weighted by Gasteiger charge is -2.19. The minimum Gasteiger partial charge on any atom is -0.327 e. The van der Waals surface area contributed by atoms with Gasteiger partial charge in [0.15, 0.2) is 11.6 Å². The summed E-state index contributed by atoms with van der Waals surface area (Å²) in [7, 11) is 1.62. The van der Waals surface area contributed by atoms with E-state index in [-0.39, 0.29) is 17.0 Å². The molecule has 1 aromatic heterocycles. The second-order valence-corrected chi connectivity index (χ2v) is 4.96. The Morgan fingerprint density at radius 1 is 1.38 bits per heavy atom. The predicted molar refractivity (Wildman–Crippen MR) is 80.8 cm³/mol. The second-order valence-electron chi connectivity index (χ2n) is 4.21. The standard InChI is InChI=1S/C13H11Cl2FN4O/c1-7(21)18-11-4-3-8(5-9(11)14)20(2)12-10(16)6-17-13(15)19-12/h3-6H,1-2H3,(H,18,21). The Balaban J connectivity index is 2.35. The van der Waals surface area contributed by atoms with Gasteiger partial charge in [0.05, 0.1) is 16.9 Å². The number of halogens is 3. The van der Waals surface area contributed by atoms with E-state index in [9.17, 15) is 9.18 Å². The molecule has 0 fully saturated rings. The van der Waals surface area contributed by atoms with Crippen LogP contribution in [0.15, 0.2) is 24.4 Å². The van der Waals surface area contributed by atoms with E-state index in [4.69, 9.17) is 23.2 Å². The van der Waals surface area contributed by atoms with Crippen LogP contribution in [0.25, 0.3) is 0 Å². The van der Waals surface area contributed by atoms with Crippen LogP contribution in [0.2, 0.25) is 10.3 Å². The third-order valence-electron chi connectivity index (χ3n) is 2.66. The van der Waals surface area contributed by atoms with Crippen molar-refractivity contribution in [1.82, 2.24) is 9.97 Å². The molecule has 0 aliphatic rings. The van der Waals surface area contributed by atoms with Gasteiger partial charge in [0.2, 0.25) is 11.2 Å². The van der Waals surface area contributed by atoms with E-state index in [1.807, 2.05) is 0 Å². The lowest BCUT2D eigenvalue weighted by atomic mass is 10.2. The van der Waals surface area contributed by atoms with Crippen LogP contribution in [-0.4, -0.2) is 22.9 Å². The maximum atomic E-state index is 13.7. The summed E-state index contributed by atoms with van der Waals surface area (Å²) in [6, 6.07) is 4.88. The van der Waals surface area contributed by atoms with Gasteiger partial charge in [-0.1, -0.05) is 11.6 Å². The number of hydrogen-bond acceptors (Lipinski definition) is 4. The van der Waals surface area contributed by atoms with Gasteiger partial charge in [-0.2, -0.15) is 4.98 Å². The molecule has 2 aromatic rings. The number of benzene rings is 1. The van der Waals surface area contributed by atoms with Gasteiger partial charge >= 0.3 is 0 Å². The molecule has 21 heavy (non-hydrogen) atoms. The molecule has 0 spiro atoms. The molecule has 8 heteroatoms. The van der Waals surface area contributed by atoms with Crippen molar-refractivity contribution >= 4 is 46.3 Å². The first-order valence-electron chi connectivity index (χ1n) is 5.87.